The van der Waals surface area contributed by atoms with Crippen molar-refractivity contribution in [1.29, 1.82) is 0 Å². The number of nitrogen functional groups attached to an aromatic ring is 1. The highest BCUT2D eigenvalue weighted by atomic mass is 16.3. The maximum atomic E-state index is 11.3. The minimum Gasteiger partial charge on any atom is -0.508 e. The number of benzene rings is 1. The van der Waals surface area contributed by atoms with E-state index >= 15 is 0 Å². The SMILES string of the molecule is CNC(=O)c1ccc(NCc2cc(N)ccc2O)nn1. The summed E-state index contributed by atoms with van der Waals surface area (Å²) in [6, 6.07) is 8.03. The number of anilines is 2. The van der Waals surface area contributed by atoms with Crippen LogP contribution >= 0.6 is 0 Å². The number of nitrogens with zero attached hydrogens (tertiary/aromatic N) is 2. The van der Waals surface area contributed by atoms with E-state index in [4.69, 9.17) is 5.73 Å². The molecule has 0 aliphatic rings. The number of hydrogen-bond acceptors (Lipinski definition) is 6. The fourth-order valence-corrected chi connectivity index (χ4v) is 1.61. The summed E-state index contributed by atoms with van der Waals surface area (Å²) in [6.45, 7) is 0.352. The third kappa shape index (κ3) is 3.14. The number of aromatic nitrogens is 2. The van der Waals surface area contributed by atoms with Crippen molar-refractivity contribution in [2.45, 2.75) is 6.54 Å². The number of carbonyl (C=O) groups excluding carboxylic acids is 1. The molecule has 0 fully saturated rings. The molecule has 0 spiro atoms. The van der Waals surface area contributed by atoms with Crippen molar-refractivity contribution >= 4 is 17.4 Å². The Hall–Kier alpha value is -2.83. The van der Waals surface area contributed by atoms with Crippen LogP contribution in [0.5, 0.6) is 5.75 Å². The minimum absolute atomic E-state index is 0.154. The smallest absolute Gasteiger partial charge is 0.271 e. The summed E-state index contributed by atoms with van der Waals surface area (Å²) in [4.78, 5) is 11.3. The summed E-state index contributed by atoms with van der Waals surface area (Å²) in [6.07, 6.45) is 0. The average molecular weight is 273 g/mol. The van der Waals surface area contributed by atoms with E-state index in [1.54, 1.807) is 24.3 Å². The Balaban J connectivity index is 2.04. The van der Waals surface area contributed by atoms with E-state index in [1.165, 1.54) is 13.1 Å². The van der Waals surface area contributed by atoms with Gasteiger partial charge >= 0.3 is 0 Å². The maximum Gasteiger partial charge on any atom is 0.271 e. The van der Waals surface area contributed by atoms with Gasteiger partial charge in [0.25, 0.3) is 5.91 Å². The molecule has 0 aliphatic heterocycles. The summed E-state index contributed by atoms with van der Waals surface area (Å²) in [7, 11) is 1.53. The topological polar surface area (TPSA) is 113 Å². The van der Waals surface area contributed by atoms with Crippen molar-refractivity contribution in [2.24, 2.45) is 0 Å². The zero-order chi connectivity index (χ0) is 14.5. The summed E-state index contributed by atoms with van der Waals surface area (Å²) in [5.41, 5.74) is 7.12. The molecule has 104 valence electrons. The van der Waals surface area contributed by atoms with Crippen molar-refractivity contribution < 1.29 is 9.90 Å². The quantitative estimate of drug-likeness (QED) is 0.482. The second-order valence-electron chi connectivity index (χ2n) is 4.12. The third-order valence-electron chi connectivity index (χ3n) is 2.69. The van der Waals surface area contributed by atoms with Crippen LogP contribution in [0.1, 0.15) is 16.1 Å². The van der Waals surface area contributed by atoms with Crippen LogP contribution in [0.4, 0.5) is 11.5 Å². The number of carbonyl (C=O) groups is 1. The number of rotatable bonds is 4. The van der Waals surface area contributed by atoms with Gasteiger partial charge in [-0.2, -0.15) is 0 Å². The molecule has 1 aromatic carbocycles. The van der Waals surface area contributed by atoms with E-state index in [0.29, 0.717) is 23.6 Å². The second kappa shape index (κ2) is 5.87. The van der Waals surface area contributed by atoms with Crippen molar-refractivity contribution in [3.63, 3.8) is 0 Å². The van der Waals surface area contributed by atoms with Gasteiger partial charge in [0.2, 0.25) is 0 Å². The van der Waals surface area contributed by atoms with Gasteiger partial charge in [-0.1, -0.05) is 0 Å². The van der Waals surface area contributed by atoms with E-state index in [1.807, 2.05) is 0 Å². The highest BCUT2D eigenvalue weighted by Gasteiger charge is 2.06. The van der Waals surface area contributed by atoms with Gasteiger partial charge in [-0.15, -0.1) is 10.2 Å². The number of amides is 1. The first kappa shape index (κ1) is 13.6. The van der Waals surface area contributed by atoms with Gasteiger partial charge in [0, 0.05) is 24.8 Å². The monoisotopic (exact) mass is 273 g/mol. The van der Waals surface area contributed by atoms with E-state index in [-0.39, 0.29) is 17.4 Å². The summed E-state index contributed by atoms with van der Waals surface area (Å²) in [5, 5.41) is 22.8. The van der Waals surface area contributed by atoms with E-state index < -0.39 is 0 Å². The number of nitrogens with two attached hydrogens (primary N) is 1. The third-order valence-corrected chi connectivity index (χ3v) is 2.69. The Morgan fingerprint density at radius 2 is 2.10 bits per heavy atom. The lowest BCUT2D eigenvalue weighted by molar-refractivity contribution is 0.0957. The van der Waals surface area contributed by atoms with Crippen molar-refractivity contribution in [3.8, 4) is 5.75 Å². The van der Waals surface area contributed by atoms with Crippen LogP contribution in [-0.4, -0.2) is 28.3 Å². The molecule has 1 aromatic heterocycles. The predicted molar refractivity (Wildman–Crippen MR) is 75.3 cm³/mol. The number of aromatic hydroxyl groups is 1. The lowest BCUT2D eigenvalue weighted by Gasteiger charge is -2.08. The molecule has 0 radical (unpaired) electrons. The molecule has 20 heavy (non-hydrogen) atoms. The van der Waals surface area contributed by atoms with Crippen molar-refractivity contribution in [3.05, 3.63) is 41.6 Å². The Morgan fingerprint density at radius 3 is 2.75 bits per heavy atom. The molecular weight excluding hydrogens is 258 g/mol. The van der Waals surface area contributed by atoms with Crippen LogP contribution in [0.3, 0.4) is 0 Å². The molecule has 0 saturated heterocycles. The van der Waals surface area contributed by atoms with Crippen molar-refractivity contribution in [2.75, 3.05) is 18.1 Å². The largest absolute Gasteiger partial charge is 0.508 e. The van der Waals surface area contributed by atoms with Gasteiger partial charge in [0.05, 0.1) is 0 Å². The summed E-state index contributed by atoms with van der Waals surface area (Å²) >= 11 is 0. The van der Waals surface area contributed by atoms with Crippen LogP contribution < -0.4 is 16.4 Å². The lowest BCUT2D eigenvalue weighted by atomic mass is 10.2. The number of phenolic OH excluding ortho intramolecular Hbond substituents is 1. The van der Waals surface area contributed by atoms with E-state index in [0.717, 1.165) is 0 Å². The zero-order valence-electron chi connectivity index (χ0n) is 10.9. The van der Waals surface area contributed by atoms with Gasteiger partial charge in [0.1, 0.15) is 11.6 Å². The van der Waals surface area contributed by atoms with Crippen LogP contribution in [-0.2, 0) is 6.54 Å². The molecule has 0 aliphatic carbocycles. The van der Waals surface area contributed by atoms with Crippen LogP contribution in [0.15, 0.2) is 30.3 Å². The van der Waals surface area contributed by atoms with Gasteiger partial charge < -0.3 is 21.5 Å². The van der Waals surface area contributed by atoms with E-state index in [2.05, 4.69) is 20.8 Å². The number of nitrogens with one attached hydrogen (secondary N) is 2. The molecule has 1 heterocycles. The standard InChI is InChI=1S/C13H15N5O2/c1-15-13(20)10-3-5-12(18-17-10)16-7-8-6-9(14)2-4-11(8)19/h2-6,19H,7,14H2,1H3,(H,15,20)(H,16,18). The van der Waals surface area contributed by atoms with Gasteiger partial charge in [0.15, 0.2) is 5.69 Å². The van der Waals surface area contributed by atoms with Crippen LogP contribution in [0.25, 0.3) is 0 Å². The normalized spacial score (nSPS) is 10.1. The number of hydrogen-bond donors (Lipinski definition) is 4. The Morgan fingerprint density at radius 1 is 1.30 bits per heavy atom. The lowest BCUT2D eigenvalue weighted by Crippen LogP contribution is -2.19. The molecule has 7 nitrogen and oxygen atoms in total. The molecule has 7 heteroatoms. The molecule has 2 aromatic rings. The highest BCUT2D eigenvalue weighted by molar-refractivity contribution is 5.91. The Labute approximate surface area is 115 Å². The molecular formula is C13H15N5O2. The first-order chi connectivity index (χ1) is 9.60. The molecule has 0 atom stereocenters. The van der Waals surface area contributed by atoms with Gasteiger partial charge in [-0.05, 0) is 30.3 Å². The first-order valence-electron chi connectivity index (χ1n) is 5.97. The molecule has 0 saturated carbocycles. The average Bonchev–Trinajstić information content (AvgIpc) is 2.48. The van der Waals surface area contributed by atoms with Gasteiger partial charge in [-0.25, -0.2) is 0 Å². The van der Waals surface area contributed by atoms with Crippen molar-refractivity contribution in [1.82, 2.24) is 15.5 Å². The molecule has 0 bridgehead atoms. The zero-order valence-corrected chi connectivity index (χ0v) is 10.9. The summed E-state index contributed by atoms with van der Waals surface area (Å²) < 4.78 is 0. The van der Waals surface area contributed by atoms with Gasteiger partial charge in [-0.3, -0.25) is 4.79 Å². The second-order valence-corrected chi connectivity index (χ2v) is 4.12. The predicted octanol–water partition coefficient (Wildman–Crippen LogP) is 0.736. The van der Waals surface area contributed by atoms with Crippen LogP contribution in [0.2, 0.25) is 0 Å². The molecule has 5 N–H and O–H groups in total. The summed E-state index contributed by atoms with van der Waals surface area (Å²) in [5.74, 6) is 0.360. The Bertz CT molecular complexity index is 613. The highest BCUT2D eigenvalue weighted by Crippen LogP contribution is 2.20. The fourth-order valence-electron chi connectivity index (χ4n) is 1.61. The molecule has 0 unspecified atom stereocenters. The minimum atomic E-state index is -0.294. The maximum absolute atomic E-state index is 11.3. The fraction of sp³-hybridized carbons (Fsp3) is 0.154. The van der Waals surface area contributed by atoms with Crippen LogP contribution in [0, 0.1) is 0 Å². The number of phenols is 1. The Kier molecular flexibility index (Phi) is 3.99. The first-order valence-corrected chi connectivity index (χ1v) is 5.97. The van der Waals surface area contributed by atoms with E-state index in [9.17, 15) is 9.90 Å². The molecule has 2 rings (SSSR count). The molecule has 1 amide bonds.